The van der Waals surface area contributed by atoms with Crippen LogP contribution in [0.4, 0.5) is 4.39 Å². The summed E-state index contributed by atoms with van der Waals surface area (Å²) in [5.74, 6) is 2.04. The quantitative estimate of drug-likeness (QED) is 0.243. The molecule has 2 N–H and O–H groups in total. The van der Waals surface area contributed by atoms with Crippen LogP contribution >= 0.6 is 24.0 Å². The Hall–Kier alpha value is -1.84. The summed E-state index contributed by atoms with van der Waals surface area (Å²) in [6.07, 6.45) is 2.45. The maximum absolute atomic E-state index is 12.8. The fourth-order valence-corrected chi connectivity index (χ4v) is 2.53. The Balaban J connectivity index is 0.00000364. The zero-order valence-corrected chi connectivity index (χ0v) is 18.4. The normalized spacial score (nSPS) is 11.0. The molecule has 27 heavy (non-hydrogen) atoms. The van der Waals surface area contributed by atoms with Crippen molar-refractivity contribution >= 4 is 29.9 Å². The van der Waals surface area contributed by atoms with Crippen molar-refractivity contribution in [2.45, 2.75) is 39.7 Å². The molecule has 1 aromatic carbocycles. The Bertz CT molecular complexity index is 683. The second-order valence-electron chi connectivity index (χ2n) is 5.75. The van der Waals surface area contributed by atoms with Gasteiger partial charge >= 0.3 is 0 Å². The lowest BCUT2D eigenvalue weighted by atomic mass is 10.1. The lowest BCUT2D eigenvalue weighted by molar-refractivity contribution is 0.310. The minimum Gasteiger partial charge on any atom is -0.494 e. The number of guanidine groups is 1. The van der Waals surface area contributed by atoms with Crippen LogP contribution in [0.2, 0.25) is 0 Å². The van der Waals surface area contributed by atoms with Crippen LogP contribution in [0.5, 0.6) is 5.75 Å². The molecule has 0 aliphatic rings. The monoisotopic (exact) mass is 490 g/mol. The third kappa shape index (κ3) is 7.36. The van der Waals surface area contributed by atoms with E-state index in [1.807, 2.05) is 0 Å². The zero-order valence-electron chi connectivity index (χ0n) is 16.0. The summed E-state index contributed by atoms with van der Waals surface area (Å²) in [6.45, 7) is 6.00. The fraction of sp³-hybridized carbons (Fsp3) is 0.474. The fourth-order valence-electron chi connectivity index (χ4n) is 2.53. The third-order valence-corrected chi connectivity index (χ3v) is 3.96. The molecule has 6 nitrogen and oxygen atoms in total. The van der Waals surface area contributed by atoms with E-state index in [4.69, 9.17) is 9.26 Å². The molecule has 0 amide bonds. The van der Waals surface area contributed by atoms with Gasteiger partial charge in [-0.1, -0.05) is 19.0 Å². The molecule has 0 atom stereocenters. The molecule has 1 aromatic heterocycles. The third-order valence-electron chi connectivity index (χ3n) is 3.96. The van der Waals surface area contributed by atoms with Crippen molar-refractivity contribution in [3.63, 3.8) is 0 Å². The molecule has 2 rings (SSSR count). The smallest absolute Gasteiger partial charge is 0.191 e. The van der Waals surface area contributed by atoms with E-state index in [9.17, 15) is 4.39 Å². The van der Waals surface area contributed by atoms with Gasteiger partial charge < -0.3 is 19.9 Å². The van der Waals surface area contributed by atoms with E-state index in [0.717, 1.165) is 42.2 Å². The molecular formula is C19H28FIN4O2. The van der Waals surface area contributed by atoms with E-state index < -0.39 is 0 Å². The molecular weight excluding hydrogens is 462 g/mol. The highest BCUT2D eigenvalue weighted by Gasteiger charge is 2.13. The predicted octanol–water partition coefficient (Wildman–Crippen LogP) is 3.69. The first kappa shape index (κ1) is 23.2. The van der Waals surface area contributed by atoms with Crippen LogP contribution < -0.4 is 15.4 Å². The molecule has 0 unspecified atom stereocenters. The first-order valence-corrected chi connectivity index (χ1v) is 8.97. The highest BCUT2D eigenvalue weighted by atomic mass is 127. The van der Waals surface area contributed by atoms with Crippen LogP contribution in [0.1, 0.15) is 37.3 Å². The van der Waals surface area contributed by atoms with Gasteiger partial charge in [-0.2, -0.15) is 0 Å². The molecule has 0 bridgehead atoms. The van der Waals surface area contributed by atoms with Crippen molar-refractivity contribution in [2.75, 3.05) is 20.2 Å². The number of aryl methyl sites for hydroxylation is 2. The lowest BCUT2D eigenvalue weighted by Gasteiger charge is -2.12. The highest BCUT2D eigenvalue weighted by Crippen LogP contribution is 2.15. The Morgan fingerprint density at radius 1 is 1.19 bits per heavy atom. The summed E-state index contributed by atoms with van der Waals surface area (Å²) in [7, 11) is 1.74. The Labute approximate surface area is 177 Å². The first-order chi connectivity index (χ1) is 12.7. The molecule has 0 aliphatic heterocycles. The van der Waals surface area contributed by atoms with Crippen LogP contribution in [-0.4, -0.2) is 31.3 Å². The van der Waals surface area contributed by atoms with Gasteiger partial charge in [0.15, 0.2) is 5.96 Å². The summed E-state index contributed by atoms with van der Waals surface area (Å²) in [4.78, 5) is 4.22. The van der Waals surface area contributed by atoms with Gasteiger partial charge in [-0.25, -0.2) is 4.39 Å². The molecule has 2 aromatic rings. The number of nitrogens with one attached hydrogen (secondary N) is 2. The molecule has 0 spiro atoms. The topological polar surface area (TPSA) is 71.7 Å². The van der Waals surface area contributed by atoms with Gasteiger partial charge in [0.25, 0.3) is 0 Å². The van der Waals surface area contributed by atoms with Crippen LogP contribution in [-0.2, 0) is 19.4 Å². The lowest BCUT2D eigenvalue weighted by Crippen LogP contribution is -2.37. The minimum atomic E-state index is -0.265. The van der Waals surface area contributed by atoms with E-state index in [-0.39, 0.29) is 29.8 Å². The van der Waals surface area contributed by atoms with E-state index >= 15 is 0 Å². The number of aliphatic imine (C=N–C) groups is 1. The van der Waals surface area contributed by atoms with Crippen molar-refractivity contribution < 1.29 is 13.7 Å². The summed E-state index contributed by atoms with van der Waals surface area (Å²) >= 11 is 0. The van der Waals surface area contributed by atoms with Crippen LogP contribution in [0.25, 0.3) is 0 Å². The summed E-state index contributed by atoms with van der Waals surface area (Å²) in [5, 5.41) is 10.7. The number of aromatic nitrogens is 1. The number of rotatable bonds is 9. The molecule has 8 heteroatoms. The second kappa shape index (κ2) is 12.5. The van der Waals surface area contributed by atoms with Crippen molar-refractivity contribution in [3.8, 4) is 5.75 Å². The maximum atomic E-state index is 12.8. The van der Waals surface area contributed by atoms with Gasteiger partial charge in [0.1, 0.15) is 17.3 Å². The average molecular weight is 490 g/mol. The summed E-state index contributed by atoms with van der Waals surface area (Å²) in [5.41, 5.74) is 2.09. The van der Waals surface area contributed by atoms with Crippen molar-refractivity contribution in [3.05, 3.63) is 47.1 Å². The van der Waals surface area contributed by atoms with Gasteiger partial charge in [-0.15, -0.1) is 24.0 Å². The molecule has 0 saturated heterocycles. The van der Waals surface area contributed by atoms with E-state index in [0.29, 0.717) is 25.4 Å². The van der Waals surface area contributed by atoms with Crippen LogP contribution in [0.15, 0.2) is 33.8 Å². The second-order valence-corrected chi connectivity index (χ2v) is 5.75. The van der Waals surface area contributed by atoms with Gasteiger partial charge in [0, 0.05) is 32.1 Å². The maximum Gasteiger partial charge on any atom is 0.191 e. The molecule has 0 radical (unpaired) electrons. The zero-order chi connectivity index (χ0) is 18.8. The molecule has 0 saturated carbocycles. The summed E-state index contributed by atoms with van der Waals surface area (Å²) in [6, 6.07) is 6.02. The largest absolute Gasteiger partial charge is 0.494 e. The SMILES string of the molecule is CCc1noc(CC)c1CNC(=NC)NCCCOc1ccc(F)cc1.I. The standard InChI is InChI=1S/C19H27FN4O2.HI/c1-4-17-16(18(5-2)26-24-17)13-23-19(21-3)22-11-6-12-25-15-9-7-14(20)8-10-15;/h7-10H,4-6,11-13H2,1-3H3,(H2,21,22,23);1H. The van der Waals surface area contributed by atoms with Gasteiger partial charge in [0.05, 0.1) is 12.3 Å². The van der Waals surface area contributed by atoms with Crippen molar-refractivity contribution in [1.29, 1.82) is 0 Å². The Morgan fingerprint density at radius 3 is 2.56 bits per heavy atom. The number of ether oxygens (including phenoxy) is 1. The average Bonchev–Trinajstić information content (AvgIpc) is 3.07. The van der Waals surface area contributed by atoms with Crippen molar-refractivity contribution in [2.24, 2.45) is 4.99 Å². The van der Waals surface area contributed by atoms with E-state index in [2.05, 4.69) is 34.6 Å². The molecule has 0 fully saturated rings. The minimum absolute atomic E-state index is 0. The number of nitrogens with zero attached hydrogens (tertiary/aromatic N) is 2. The van der Waals surface area contributed by atoms with Crippen LogP contribution in [0, 0.1) is 5.82 Å². The van der Waals surface area contributed by atoms with Crippen molar-refractivity contribution in [1.82, 2.24) is 15.8 Å². The predicted molar refractivity (Wildman–Crippen MR) is 115 cm³/mol. The van der Waals surface area contributed by atoms with Gasteiger partial charge in [0.2, 0.25) is 0 Å². The number of hydrogen-bond acceptors (Lipinski definition) is 4. The molecule has 1 heterocycles. The van der Waals surface area contributed by atoms with Gasteiger partial charge in [-0.3, -0.25) is 4.99 Å². The van der Waals surface area contributed by atoms with Gasteiger partial charge in [-0.05, 0) is 37.1 Å². The Morgan fingerprint density at radius 2 is 1.93 bits per heavy atom. The highest BCUT2D eigenvalue weighted by molar-refractivity contribution is 14.0. The Kier molecular flexibility index (Phi) is 10.8. The molecule has 150 valence electrons. The van der Waals surface area contributed by atoms with Crippen LogP contribution in [0.3, 0.4) is 0 Å². The molecule has 0 aliphatic carbocycles. The van der Waals surface area contributed by atoms with E-state index in [1.165, 1.54) is 12.1 Å². The number of halogens is 2. The number of benzene rings is 1. The van der Waals surface area contributed by atoms with E-state index in [1.54, 1.807) is 19.2 Å². The first-order valence-electron chi connectivity index (χ1n) is 8.97. The number of hydrogen-bond donors (Lipinski definition) is 2. The summed E-state index contributed by atoms with van der Waals surface area (Å²) < 4.78 is 23.8.